The van der Waals surface area contributed by atoms with Gasteiger partial charge in [0.25, 0.3) is 5.91 Å². The van der Waals surface area contributed by atoms with Crippen LogP contribution >= 0.6 is 0 Å². The zero-order valence-electron chi connectivity index (χ0n) is 11.4. The number of benzene rings is 1. The van der Waals surface area contributed by atoms with Gasteiger partial charge in [0.05, 0.1) is 0 Å². The molecular formula is C16H17NO3. The van der Waals surface area contributed by atoms with Gasteiger partial charge in [-0.1, -0.05) is 31.0 Å². The third-order valence-corrected chi connectivity index (χ3v) is 3.50. The molecule has 1 aliphatic heterocycles. The van der Waals surface area contributed by atoms with Crippen molar-refractivity contribution in [3.05, 3.63) is 35.9 Å². The first kappa shape index (κ1) is 14.1. The van der Waals surface area contributed by atoms with Crippen molar-refractivity contribution in [1.29, 1.82) is 0 Å². The van der Waals surface area contributed by atoms with Crippen molar-refractivity contribution in [2.45, 2.75) is 25.8 Å². The molecule has 2 atom stereocenters. The lowest BCUT2D eigenvalue weighted by molar-refractivity contribution is -0.150. The summed E-state index contributed by atoms with van der Waals surface area (Å²) in [5.74, 6) is 4.28. The van der Waals surface area contributed by atoms with E-state index in [2.05, 4.69) is 11.8 Å². The summed E-state index contributed by atoms with van der Waals surface area (Å²) in [7, 11) is 0. The molecule has 0 aliphatic carbocycles. The number of carbonyl (C=O) groups is 2. The molecule has 20 heavy (non-hydrogen) atoms. The molecule has 0 saturated carbocycles. The van der Waals surface area contributed by atoms with E-state index in [-0.39, 0.29) is 0 Å². The maximum Gasteiger partial charge on any atom is 0.326 e. The molecule has 4 nitrogen and oxygen atoms in total. The summed E-state index contributed by atoms with van der Waals surface area (Å²) in [6.45, 7) is 2.47. The summed E-state index contributed by atoms with van der Waals surface area (Å²) >= 11 is 0. The van der Waals surface area contributed by atoms with Gasteiger partial charge in [-0.15, -0.1) is 0 Å². The Bertz CT molecular complexity index is 556. The monoisotopic (exact) mass is 271 g/mol. The highest BCUT2D eigenvalue weighted by molar-refractivity contribution is 5.96. The third-order valence-electron chi connectivity index (χ3n) is 3.50. The summed E-state index contributed by atoms with van der Waals surface area (Å²) < 4.78 is 0. The van der Waals surface area contributed by atoms with Crippen LogP contribution in [0.2, 0.25) is 0 Å². The van der Waals surface area contributed by atoms with E-state index < -0.39 is 17.9 Å². The van der Waals surface area contributed by atoms with Gasteiger partial charge in [0, 0.05) is 18.0 Å². The zero-order chi connectivity index (χ0) is 14.5. The lowest BCUT2D eigenvalue weighted by atomic mass is 9.92. The highest BCUT2D eigenvalue weighted by Gasteiger charge is 2.34. The number of hydrogen-bond acceptors (Lipinski definition) is 2. The predicted octanol–water partition coefficient (Wildman–Crippen LogP) is 1.75. The number of piperidine rings is 1. The van der Waals surface area contributed by atoms with Crippen molar-refractivity contribution in [2.75, 3.05) is 6.54 Å². The molecule has 104 valence electrons. The van der Waals surface area contributed by atoms with Crippen molar-refractivity contribution >= 4 is 11.9 Å². The Kier molecular flexibility index (Phi) is 4.41. The first-order valence-corrected chi connectivity index (χ1v) is 6.68. The lowest BCUT2D eigenvalue weighted by Crippen LogP contribution is -2.49. The molecule has 2 rings (SSSR count). The number of nitrogens with zero attached hydrogens (tertiary/aromatic N) is 1. The molecule has 0 aromatic heterocycles. The largest absolute Gasteiger partial charge is 0.480 e. The van der Waals surface area contributed by atoms with Crippen LogP contribution in [0.3, 0.4) is 0 Å². The quantitative estimate of drug-likeness (QED) is 0.792. The van der Waals surface area contributed by atoms with Gasteiger partial charge in [-0.25, -0.2) is 4.79 Å². The van der Waals surface area contributed by atoms with Crippen LogP contribution in [-0.4, -0.2) is 34.5 Å². The summed E-state index contributed by atoms with van der Waals surface area (Å²) in [6, 6.07) is 8.44. The fraction of sp³-hybridized carbons (Fsp3) is 0.375. The van der Waals surface area contributed by atoms with Gasteiger partial charge in [-0.2, -0.15) is 0 Å². The molecule has 1 saturated heterocycles. The van der Waals surface area contributed by atoms with Crippen LogP contribution in [0.4, 0.5) is 0 Å². The Balaban J connectivity index is 2.12. The Morgan fingerprint density at radius 1 is 1.30 bits per heavy atom. The van der Waals surface area contributed by atoms with Gasteiger partial charge >= 0.3 is 5.97 Å². The van der Waals surface area contributed by atoms with Gasteiger partial charge in [0.2, 0.25) is 0 Å². The fourth-order valence-corrected chi connectivity index (χ4v) is 2.34. The van der Waals surface area contributed by atoms with Crippen LogP contribution in [0.5, 0.6) is 0 Å². The van der Waals surface area contributed by atoms with Crippen molar-refractivity contribution < 1.29 is 14.7 Å². The molecule has 1 aliphatic rings. The number of carbonyl (C=O) groups excluding carboxylic acids is 1. The predicted molar refractivity (Wildman–Crippen MR) is 74.9 cm³/mol. The fourth-order valence-electron chi connectivity index (χ4n) is 2.34. The molecule has 1 fully saturated rings. The van der Waals surface area contributed by atoms with Gasteiger partial charge in [-0.3, -0.25) is 4.79 Å². The van der Waals surface area contributed by atoms with Gasteiger partial charge in [-0.05, 0) is 30.9 Å². The van der Waals surface area contributed by atoms with Crippen LogP contribution in [0.1, 0.15) is 25.3 Å². The Morgan fingerprint density at radius 2 is 2.00 bits per heavy atom. The van der Waals surface area contributed by atoms with Crippen LogP contribution in [0.15, 0.2) is 30.3 Å². The molecule has 1 amide bonds. The molecule has 1 aromatic carbocycles. The maximum absolute atomic E-state index is 12.1. The van der Waals surface area contributed by atoms with Crippen molar-refractivity contribution in [1.82, 2.24) is 4.90 Å². The highest BCUT2D eigenvalue weighted by Crippen LogP contribution is 2.22. The van der Waals surface area contributed by atoms with E-state index in [0.717, 1.165) is 12.0 Å². The number of hydrogen-bond donors (Lipinski definition) is 1. The number of rotatable bonds is 1. The van der Waals surface area contributed by atoms with Crippen molar-refractivity contribution in [3.8, 4) is 11.8 Å². The Labute approximate surface area is 118 Å². The van der Waals surface area contributed by atoms with Gasteiger partial charge < -0.3 is 10.0 Å². The molecule has 1 N–H and O–H groups in total. The van der Waals surface area contributed by atoms with E-state index in [1.807, 2.05) is 37.3 Å². The minimum Gasteiger partial charge on any atom is -0.480 e. The van der Waals surface area contributed by atoms with Crippen LogP contribution in [0.25, 0.3) is 0 Å². The third kappa shape index (κ3) is 3.39. The van der Waals surface area contributed by atoms with Crippen molar-refractivity contribution in [3.63, 3.8) is 0 Å². The number of aliphatic carboxylic acids is 1. The summed E-state index contributed by atoms with van der Waals surface area (Å²) in [5.41, 5.74) is 0.748. The second-order valence-electron chi connectivity index (χ2n) is 5.10. The summed E-state index contributed by atoms with van der Waals surface area (Å²) in [4.78, 5) is 24.7. The topological polar surface area (TPSA) is 57.6 Å². The van der Waals surface area contributed by atoms with Crippen molar-refractivity contribution in [2.24, 2.45) is 5.92 Å². The van der Waals surface area contributed by atoms with Gasteiger partial charge in [0.15, 0.2) is 0 Å². The molecule has 0 spiro atoms. The second-order valence-corrected chi connectivity index (χ2v) is 5.10. The molecule has 0 radical (unpaired) electrons. The normalized spacial score (nSPS) is 21.8. The molecule has 1 heterocycles. The molecule has 1 aromatic rings. The van der Waals surface area contributed by atoms with E-state index in [1.54, 1.807) is 0 Å². The minimum atomic E-state index is -0.952. The first-order valence-electron chi connectivity index (χ1n) is 6.68. The van der Waals surface area contributed by atoms with E-state index in [4.69, 9.17) is 0 Å². The van der Waals surface area contributed by atoms with Crippen LogP contribution < -0.4 is 0 Å². The van der Waals surface area contributed by atoms with Crippen LogP contribution in [-0.2, 0) is 9.59 Å². The van der Waals surface area contributed by atoms with Crippen LogP contribution in [0, 0.1) is 17.8 Å². The molecule has 0 bridgehead atoms. The Morgan fingerprint density at radius 3 is 2.65 bits per heavy atom. The zero-order valence-corrected chi connectivity index (χ0v) is 11.4. The minimum absolute atomic E-state index is 0.322. The van der Waals surface area contributed by atoms with E-state index >= 15 is 0 Å². The number of carboxylic acid groups (broad SMARTS) is 1. The lowest BCUT2D eigenvalue weighted by Gasteiger charge is -2.34. The smallest absolute Gasteiger partial charge is 0.326 e. The maximum atomic E-state index is 12.1. The molecule has 4 heteroatoms. The second kappa shape index (κ2) is 6.25. The standard InChI is InChI=1S/C16H17NO3/c1-12-9-10-17(14(11-12)16(19)20)15(18)8-7-13-5-3-2-4-6-13/h2-6,12,14H,9-11H2,1H3,(H,19,20). The molecule has 2 unspecified atom stereocenters. The van der Waals surface area contributed by atoms with Gasteiger partial charge in [0.1, 0.15) is 6.04 Å². The van der Waals surface area contributed by atoms with E-state index in [1.165, 1.54) is 4.90 Å². The first-order chi connectivity index (χ1) is 9.58. The highest BCUT2D eigenvalue weighted by atomic mass is 16.4. The average molecular weight is 271 g/mol. The number of likely N-dealkylation sites (tertiary alicyclic amines) is 1. The van der Waals surface area contributed by atoms with E-state index in [0.29, 0.717) is 18.9 Å². The Hall–Kier alpha value is -2.28. The average Bonchev–Trinajstić information content (AvgIpc) is 2.45. The summed E-state index contributed by atoms with van der Waals surface area (Å²) in [5, 5.41) is 9.22. The number of amides is 1. The number of carboxylic acids is 1. The van der Waals surface area contributed by atoms with E-state index in [9.17, 15) is 14.7 Å². The summed E-state index contributed by atoms with van der Waals surface area (Å²) in [6.07, 6.45) is 1.32. The molecular weight excluding hydrogens is 254 g/mol. The SMILES string of the molecule is CC1CCN(C(=O)C#Cc2ccccc2)C(C(=O)O)C1.